The number of carboxylic acids is 1. The van der Waals surface area contributed by atoms with E-state index < -0.39 is 5.97 Å². The fourth-order valence-corrected chi connectivity index (χ4v) is 2.32. The van der Waals surface area contributed by atoms with Gasteiger partial charge in [-0.05, 0) is 38.0 Å². The van der Waals surface area contributed by atoms with E-state index in [0.717, 1.165) is 12.8 Å². The standard InChI is InChI=1S/C14H19NO4/c1-9(15(8-14(17)18)10-3-4-10)12-7-11(19-2)5-6-13(12)16/h5-7,9-10,16H,3-4,8H2,1-2H3,(H,17,18). The fourth-order valence-electron chi connectivity index (χ4n) is 2.32. The summed E-state index contributed by atoms with van der Waals surface area (Å²) < 4.78 is 5.15. The summed E-state index contributed by atoms with van der Waals surface area (Å²) in [6.45, 7) is 1.90. The van der Waals surface area contributed by atoms with Gasteiger partial charge in [-0.3, -0.25) is 9.69 Å². The second-order valence-corrected chi connectivity index (χ2v) is 4.90. The van der Waals surface area contributed by atoms with Crippen LogP contribution in [-0.2, 0) is 4.79 Å². The number of phenols is 1. The van der Waals surface area contributed by atoms with Crippen LogP contribution in [0.15, 0.2) is 18.2 Å². The maximum Gasteiger partial charge on any atom is 0.317 e. The zero-order valence-corrected chi connectivity index (χ0v) is 11.2. The third-order valence-corrected chi connectivity index (χ3v) is 3.52. The van der Waals surface area contributed by atoms with Crippen LogP contribution in [-0.4, -0.2) is 40.8 Å². The van der Waals surface area contributed by atoms with Crippen molar-refractivity contribution in [2.75, 3.05) is 13.7 Å². The summed E-state index contributed by atoms with van der Waals surface area (Å²) in [7, 11) is 1.57. The summed E-state index contributed by atoms with van der Waals surface area (Å²) in [5.41, 5.74) is 0.701. The minimum atomic E-state index is -0.846. The third-order valence-electron chi connectivity index (χ3n) is 3.52. The fraction of sp³-hybridized carbons (Fsp3) is 0.500. The van der Waals surface area contributed by atoms with Gasteiger partial charge in [-0.15, -0.1) is 0 Å². The third kappa shape index (κ3) is 3.17. The molecule has 5 nitrogen and oxygen atoms in total. The molecule has 1 saturated carbocycles. The second kappa shape index (κ2) is 5.48. The van der Waals surface area contributed by atoms with Crippen LogP contribution in [0.5, 0.6) is 11.5 Å². The molecule has 0 radical (unpaired) electrons. The molecule has 0 bridgehead atoms. The van der Waals surface area contributed by atoms with E-state index in [1.807, 2.05) is 11.8 Å². The number of phenolic OH excluding ortho intramolecular Hbond substituents is 1. The number of benzene rings is 1. The molecule has 1 fully saturated rings. The molecule has 1 atom stereocenters. The molecule has 0 aliphatic heterocycles. The maximum atomic E-state index is 11.0. The lowest BCUT2D eigenvalue weighted by atomic mass is 10.0. The van der Waals surface area contributed by atoms with E-state index in [-0.39, 0.29) is 18.3 Å². The molecule has 1 unspecified atom stereocenters. The highest BCUT2D eigenvalue weighted by atomic mass is 16.5. The van der Waals surface area contributed by atoms with Crippen LogP contribution in [0, 0.1) is 0 Å². The van der Waals surface area contributed by atoms with Gasteiger partial charge in [0.2, 0.25) is 0 Å². The molecule has 104 valence electrons. The Bertz CT molecular complexity index is 471. The van der Waals surface area contributed by atoms with Gasteiger partial charge < -0.3 is 14.9 Å². The quantitative estimate of drug-likeness (QED) is 0.823. The van der Waals surface area contributed by atoms with Crippen LogP contribution >= 0.6 is 0 Å². The topological polar surface area (TPSA) is 70.0 Å². The van der Waals surface area contributed by atoms with E-state index in [0.29, 0.717) is 17.4 Å². The number of rotatable bonds is 6. The first kappa shape index (κ1) is 13.7. The van der Waals surface area contributed by atoms with Crippen molar-refractivity contribution < 1.29 is 19.7 Å². The zero-order valence-electron chi connectivity index (χ0n) is 11.2. The lowest BCUT2D eigenvalue weighted by Crippen LogP contribution is -2.34. The van der Waals surface area contributed by atoms with Crippen molar-refractivity contribution in [1.82, 2.24) is 4.90 Å². The minimum absolute atomic E-state index is 0.0114. The smallest absolute Gasteiger partial charge is 0.317 e. The van der Waals surface area contributed by atoms with Crippen molar-refractivity contribution in [2.24, 2.45) is 0 Å². The van der Waals surface area contributed by atoms with Gasteiger partial charge in [0.1, 0.15) is 11.5 Å². The van der Waals surface area contributed by atoms with Crippen molar-refractivity contribution in [1.29, 1.82) is 0 Å². The number of hydrogen-bond acceptors (Lipinski definition) is 4. The highest BCUT2D eigenvalue weighted by molar-refractivity contribution is 5.69. The van der Waals surface area contributed by atoms with Gasteiger partial charge in [-0.2, -0.15) is 0 Å². The molecule has 0 amide bonds. The first-order valence-corrected chi connectivity index (χ1v) is 6.37. The Balaban J connectivity index is 2.25. The number of hydrogen-bond donors (Lipinski definition) is 2. The number of ether oxygens (including phenoxy) is 1. The van der Waals surface area contributed by atoms with Crippen molar-refractivity contribution in [3.63, 3.8) is 0 Å². The molecule has 0 spiro atoms. The normalized spacial score (nSPS) is 16.4. The van der Waals surface area contributed by atoms with Crippen molar-refractivity contribution in [2.45, 2.75) is 31.8 Å². The minimum Gasteiger partial charge on any atom is -0.508 e. The van der Waals surface area contributed by atoms with Gasteiger partial charge in [0.05, 0.1) is 13.7 Å². The molecular formula is C14H19NO4. The number of carboxylic acid groups (broad SMARTS) is 1. The average Bonchev–Trinajstić information content (AvgIpc) is 3.20. The molecule has 0 aromatic heterocycles. The molecule has 1 aromatic carbocycles. The van der Waals surface area contributed by atoms with Gasteiger partial charge >= 0.3 is 5.97 Å². The van der Waals surface area contributed by atoms with Gasteiger partial charge in [-0.1, -0.05) is 0 Å². The largest absolute Gasteiger partial charge is 0.508 e. The molecule has 1 aliphatic rings. The first-order chi connectivity index (χ1) is 9.02. The summed E-state index contributed by atoms with van der Waals surface area (Å²) in [5, 5.41) is 19.0. The number of aromatic hydroxyl groups is 1. The highest BCUT2D eigenvalue weighted by Crippen LogP contribution is 2.37. The molecule has 1 aromatic rings. The van der Waals surface area contributed by atoms with Crippen molar-refractivity contribution in [3.05, 3.63) is 23.8 Å². The molecule has 0 saturated heterocycles. The van der Waals surface area contributed by atoms with E-state index >= 15 is 0 Å². The van der Waals surface area contributed by atoms with Crippen LogP contribution in [0.25, 0.3) is 0 Å². The SMILES string of the molecule is COc1ccc(O)c(C(C)N(CC(=O)O)C2CC2)c1. The summed E-state index contributed by atoms with van der Waals surface area (Å²) in [5.74, 6) is -0.0174. The Morgan fingerprint density at radius 2 is 2.21 bits per heavy atom. The summed E-state index contributed by atoms with van der Waals surface area (Å²) in [4.78, 5) is 12.9. The second-order valence-electron chi connectivity index (χ2n) is 4.90. The Morgan fingerprint density at radius 3 is 2.74 bits per heavy atom. The molecule has 0 heterocycles. The Hall–Kier alpha value is -1.75. The highest BCUT2D eigenvalue weighted by Gasteiger charge is 2.34. The van der Waals surface area contributed by atoms with Crippen molar-refractivity contribution in [3.8, 4) is 11.5 Å². The van der Waals surface area contributed by atoms with Gasteiger partial charge in [-0.25, -0.2) is 0 Å². The monoisotopic (exact) mass is 265 g/mol. The predicted molar refractivity (Wildman–Crippen MR) is 70.4 cm³/mol. The lowest BCUT2D eigenvalue weighted by Gasteiger charge is -2.28. The Labute approximate surface area is 112 Å². The van der Waals surface area contributed by atoms with Crippen molar-refractivity contribution >= 4 is 5.97 Å². The Kier molecular flexibility index (Phi) is 3.95. The number of methoxy groups -OCH3 is 1. The maximum absolute atomic E-state index is 11.0. The number of nitrogens with zero attached hydrogens (tertiary/aromatic N) is 1. The van der Waals surface area contributed by atoms with Gasteiger partial charge in [0.15, 0.2) is 0 Å². The van der Waals surface area contributed by atoms with E-state index in [1.54, 1.807) is 25.3 Å². The molecule has 1 aliphatic carbocycles. The summed E-state index contributed by atoms with van der Waals surface area (Å²) >= 11 is 0. The predicted octanol–water partition coefficient (Wildman–Crippen LogP) is 2.01. The summed E-state index contributed by atoms with van der Waals surface area (Å²) in [6.07, 6.45) is 2.03. The molecule has 19 heavy (non-hydrogen) atoms. The molecule has 5 heteroatoms. The van der Waals surface area contributed by atoms with Crippen LogP contribution in [0.4, 0.5) is 0 Å². The lowest BCUT2D eigenvalue weighted by molar-refractivity contribution is -0.139. The van der Waals surface area contributed by atoms with E-state index in [4.69, 9.17) is 9.84 Å². The Morgan fingerprint density at radius 1 is 1.53 bits per heavy atom. The van der Waals surface area contributed by atoms with Crippen LogP contribution < -0.4 is 4.74 Å². The number of aliphatic carboxylic acids is 1. The average molecular weight is 265 g/mol. The van der Waals surface area contributed by atoms with E-state index in [1.165, 1.54) is 0 Å². The number of carbonyl (C=O) groups is 1. The van der Waals surface area contributed by atoms with Gasteiger partial charge in [0, 0.05) is 17.6 Å². The van der Waals surface area contributed by atoms with Crippen LogP contribution in [0.3, 0.4) is 0 Å². The van der Waals surface area contributed by atoms with Gasteiger partial charge in [0.25, 0.3) is 0 Å². The summed E-state index contributed by atoms with van der Waals surface area (Å²) in [6, 6.07) is 5.17. The van der Waals surface area contributed by atoms with E-state index in [9.17, 15) is 9.90 Å². The molecule has 2 rings (SSSR count). The van der Waals surface area contributed by atoms with Crippen LogP contribution in [0.2, 0.25) is 0 Å². The zero-order chi connectivity index (χ0) is 14.0. The van der Waals surface area contributed by atoms with Crippen LogP contribution in [0.1, 0.15) is 31.4 Å². The molecular weight excluding hydrogens is 246 g/mol. The first-order valence-electron chi connectivity index (χ1n) is 6.37. The molecule has 2 N–H and O–H groups in total. The van der Waals surface area contributed by atoms with E-state index in [2.05, 4.69) is 0 Å².